The van der Waals surface area contributed by atoms with Crippen LogP contribution in [0.5, 0.6) is 0 Å². The van der Waals surface area contributed by atoms with Gasteiger partial charge in [-0.25, -0.2) is 4.98 Å². The van der Waals surface area contributed by atoms with E-state index in [1.807, 2.05) is 11.4 Å². The topological polar surface area (TPSA) is 36.7 Å². The van der Waals surface area contributed by atoms with Gasteiger partial charge < -0.3 is 0 Å². The molecule has 160 valence electrons. The van der Waals surface area contributed by atoms with Gasteiger partial charge in [0.25, 0.3) is 0 Å². The minimum absolute atomic E-state index is 0.550. The highest BCUT2D eigenvalue weighted by Crippen LogP contribution is 2.38. The van der Waals surface area contributed by atoms with Crippen LogP contribution in [0.4, 0.5) is 0 Å². The lowest BCUT2D eigenvalue weighted by Crippen LogP contribution is -2.30. The first-order valence-corrected chi connectivity index (χ1v) is 12.0. The fraction of sp³-hybridized carbons (Fsp3) is 0.185. The van der Waals surface area contributed by atoms with Crippen molar-refractivity contribution in [3.8, 4) is 17.3 Å². The average Bonchev–Trinajstić information content (AvgIpc) is 3.27. The van der Waals surface area contributed by atoms with Crippen molar-refractivity contribution in [2.24, 2.45) is 0 Å². The van der Waals surface area contributed by atoms with Crippen LogP contribution in [0.2, 0.25) is 10.0 Å². The van der Waals surface area contributed by atoms with E-state index in [0.717, 1.165) is 27.4 Å². The highest BCUT2D eigenvalue weighted by atomic mass is 35.5. The third kappa shape index (κ3) is 4.89. The van der Waals surface area contributed by atoms with E-state index in [1.54, 1.807) is 12.1 Å². The Morgan fingerprint density at radius 2 is 1.44 bits per heavy atom. The molecule has 0 atom stereocenters. The fourth-order valence-electron chi connectivity index (χ4n) is 3.76. The Morgan fingerprint density at radius 1 is 0.875 bits per heavy atom. The van der Waals surface area contributed by atoms with Crippen molar-refractivity contribution >= 4 is 34.5 Å². The van der Waals surface area contributed by atoms with Crippen LogP contribution in [0.15, 0.2) is 72.1 Å². The quantitative estimate of drug-likeness (QED) is 0.282. The van der Waals surface area contributed by atoms with E-state index in [2.05, 4.69) is 68.4 Å². The van der Waals surface area contributed by atoms with Gasteiger partial charge in [0, 0.05) is 16.0 Å². The number of aromatic nitrogens is 1. The Balaban J connectivity index is 1.77. The number of aryl methyl sites for hydroxylation is 2. The second-order valence-electron chi connectivity index (χ2n) is 8.18. The highest BCUT2D eigenvalue weighted by Gasteiger charge is 2.36. The first-order chi connectivity index (χ1) is 15.4. The molecule has 5 heteroatoms. The minimum Gasteiger partial charge on any atom is -0.239 e. The van der Waals surface area contributed by atoms with Crippen molar-refractivity contribution < 1.29 is 0 Å². The highest BCUT2D eigenvalue weighted by molar-refractivity contribution is 7.10. The van der Waals surface area contributed by atoms with Gasteiger partial charge in [-0.15, -0.1) is 11.3 Å². The predicted molar refractivity (Wildman–Crippen MR) is 135 cm³/mol. The van der Waals surface area contributed by atoms with E-state index in [-0.39, 0.29) is 0 Å². The maximum absolute atomic E-state index is 10.5. The van der Waals surface area contributed by atoms with Gasteiger partial charge in [0.15, 0.2) is 0 Å². The van der Waals surface area contributed by atoms with Crippen LogP contribution < -0.4 is 0 Å². The molecule has 1 heterocycles. The molecule has 0 N–H and O–H groups in total. The molecule has 0 saturated carbocycles. The van der Waals surface area contributed by atoms with Gasteiger partial charge in [-0.3, -0.25) is 0 Å². The van der Waals surface area contributed by atoms with Crippen LogP contribution in [0.1, 0.15) is 27.3 Å². The Morgan fingerprint density at radius 3 is 1.94 bits per heavy atom. The average molecular weight is 477 g/mol. The molecule has 0 bridgehead atoms. The van der Waals surface area contributed by atoms with Crippen molar-refractivity contribution in [1.82, 2.24) is 4.98 Å². The molecule has 0 aliphatic heterocycles. The molecule has 0 unspecified atom stereocenters. The molecule has 2 nitrogen and oxygen atoms in total. The molecule has 0 radical (unpaired) electrons. The van der Waals surface area contributed by atoms with Gasteiger partial charge in [-0.2, -0.15) is 5.26 Å². The van der Waals surface area contributed by atoms with Crippen LogP contribution in [0.3, 0.4) is 0 Å². The van der Waals surface area contributed by atoms with Gasteiger partial charge in [-0.1, -0.05) is 82.9 Å². The summed E-state index contributed by atoms with van der Waals surface area (Å²) in [6.45, 7) is 4.13. The number of rotatable bonds is 6. The normalized spacial score (nSPS) is 11.3. The van der Waals surface area contributed by atoms with Gasteiger partial charge in [0.2, 0.25) is 0 Å². The zero-order chi connectivity index (χ0) is 22.7. The smallest absolute Gasteiger partial charge is 0.117 e. The molecule has 0 spiro atoms. The van der Waals surface area contributed by atoms with Crippen LogP contribution in [-0.4, -0.2) is 4.98 Å². The summed E-state index contributed by atoms with van der Waals surface area (Å²) in [6, 6.07) is 24.8. The SMILES string of the molecule is Cc1ccc(CC(C#N)(Cc2ccc(C)cc2)c2nc(-c3ccc(Cl)cc3Cl)cs2)cc1. The molecule has 1 aromatic heterocycles. The largest absolute Gasteiger partial charge is 0.239 e. The summed E-state index contributed by atoms with van der Waals surface area (Å²) < 4.78 is 0. The van der Waals surface area contributed by atoms with Crippen molar-refractivity contribution in [3.05, 3.63) is 109 Å². The van der Waals surface area contributed by atoms with E-state index >= 15 is 0 Å². The van der Waals surface area contributed by atoms with Gasteiger partial charge in [0.05, 0.1) is 16.8 Å². The molecule has 0 aliphatic carbocycles. The van der Waals surface area contributed by atoms with Crippen LogP contribution in [-0.2, 0) is 18.3 Å². The fourth-order valence-corrected chi connectivity index (χ4v) is 5.24. The summed E-state index contributed by atoms with van der Waals surface area (Å²) in [5.41, 5.74) is 5.42. The van der Waals surface area contributed by atoms with Crippen LogP contribution in [0.25, 0.3) is 11.3 Å². The van der Waals surface area contributed by atoms with Crippen LogP contribution in [0, 0.1) is 25.2 Å². The summed E-state index contributed by atoms with van der Waals surface area (Å²) in [5, 5.41) is 14.4. The third-order valence-electron chi connectivity index (χ3n) is 5.59. The van der Waals surface area contributed by atoms with E-state index < -0.39 is 5.41 Å². The van der Waals surface area contributed by atoms with Gasteiger partial charge >= 0.3 is 0 Å². The Hall–Kier alpha value is -2.64. The maximum atomic E-state index is 10.5. The molecule has 0 amide bonds. The van der Waals surface area contributed by atoms with E-state index in [9.17, 15) is 5.26 Å². The maximum Gasteiger partial charge on any atom is 0.117 e. The zero-order valence-electron chi connectivity index (χ0n) is 17.9. The van der Waals surface area contributed by atoms with E-state index in [4.69, 9.17) is 28.2 Å². The van der Waals surface area contributed by atoms with Gasteiger partial charge in [-0.05, 0) is 56.0 Å². The first-order valence-electron chi connectivity index (χ1n) is 10.3. The summed E-state index contributed by atoms with van der Waals surface area (Å²) in [5.74, 6) is 0. The second-order valence-corrected chi connectivity index (χ2v) is 9.88. The number of benzene rings is 3. The summed E-state index contributed by atoms with van der Waals surface area (Å²) in [6.07, 6.45) is 1.16. The monoisotopic (exact) mass is 476 g/mol. The molecule has 4 aromatic rings. The first kappa shape index (κ1) is 22.6. The van der Waals surface area contributed by atoms with E-state index in [1.165, 1.54) is 22.5 Å². The second kappa shape index (κ2) is 9.46. The lowest BCUT2D eigenvalue weighted by Gasteiger charge is -2.25. The van der Waals surface area contributed by atoms with E-state index in [0.29, 0.717) is 22.9 Å². The molecule has 0 saturated heterocycles. The summed E-state index contributed by atoms with van der Waals surface area (Å²) in [4.78, 5) is 4.91. The molecule has 0 aliphatic rings. The molecular weight excluding hydrogens is 455 g/mol. The number of nitrogens with zero attached hydrogens (tertiary/aromatic N) is 2. The number of thiazole rings is 1. The van der Waals surface area contributed by atoms with Gasteiger partial charge in [0.1, 0.15) is 10.4 Å². The number of halogens is 2. The molecule has 32 heavy (non-hydrogen) atoms. The standard InChI is InChI=1S/C27H22Cl2N2S/c1-18-3-7-20(8-4-18)14-27(17-30,15-21-9-5-19(2)6-10-21)26-31-25(16-32-26)23-12-11-22(28)13-24(23)29/h3-13,16H,14-15H2,1-2H3. The Labute approximate surface area is 203 Å². The molecule has 0 fully saturated rings. The number of hydrogen-bond acceptors (Lipinski definition) is 3. The number of nitriles is 1. The van der Waals surface area contributed by atoms with Crippen LogP contribution >= 0.6 is 34.5 Å². The predicted octanol–water partition coefficient (Wildman–Crippen LogP) is 7.98. The number of hydrogen-bond donors (Lipinski definition) is 0. The van der Waals surface area contributed by atoms with Crippen molar-refractivity contribution in [2.75, 3.05) is 0 Å². The lowest BCUT2D eigenvalue weighted by molar-refractivity contribution is 0.538. The molecule has 4 rings (SSSR count). The minimum atomic E-state index is -0.785. The zero-order valence-corrected chi connectivity index (χ0v) is 20.2. The Kier molecular flexibility index (Phi) is 6.67. The van der Waals surface area contributed by atoms with Crippen molar-refractivity contribution in [1.29, 1.82) is 5.26 Å². The summed E-state index contributed by atoms with van der Waals surface area (Å²) in [7, 11) is 0. The Bertz CT molecular complexity index is 1220. The molecular formula is C27H22Cl2N2S. The van der Waals surface area contributed by atoms with Crippen molar-refractivity contribution in [2.45, 2.75) is 32.1 Å². The summed E-state index contributed by atoms with van der Waals surface area (Å²) >= 11 is 14.0. The third-order valence-corrected chi connectivity index (χ3v) is 7.18. The lowest BCUT2D eigenvalue weighted by atomic mass is 9.78. The van der Waals surface area contributed by atoms with Crippen molar-refractivity contribution in [3.63, 3.8) is 0 Å². The molecule has 3 aromatic carbocycles.